The van der Waals surface area contributed by atoms with Crippen LogP contribution in [0.5, 0.6) is 5.75 Å². The van der Waals surface area contributed by atoms with Crippen LogP contribution in [0.3, 0.4) is 0 Å². The first kappa shape index (κ1) is 25.5. The number of nitrogens with one attached hydrogen (secondary N) is 1. The first-order valence-corrected chi connectivity index (χ1v) is 12.7. The predicted molar refractivity (Wildman–Crippen MR) is 147 cm³/mol. The highest BCUT2D eigenvalue weighted by molar-refractivity contribution is 9.10. The van der Waals surface area contributed by atoms with E-state index in [0.717, 1.165) is 31.9 Å². The molecule has 0 aliphatic carbocycles. The number of halogens is 1. The first-order valence-electron chi connectivity index (χ1n) is 11.9. The Morgan fingerprint density at radius 1 is 0.917 bits per heavy atom. The number of benzene rings is 4. The van der Waals surface area contributed by atoms with Gasteiger partial charge in [0.2, 0.25) is 5.91 Å². The number of carbonyl (C=O) groups is 2. The quantitative estimate of drug-likeness (QED) is 0.295. The Kier molecular flexibility index (Phi) is 8.39. The summed E-state index contributed by atoms with van der Waals surface area (Å²) < 4.78 is 6.80. The van der Waals surface area contributed by atoms with E-state index >= 15 is 0 Å². The van der Waals surface area contributed by atoms with E-state index in [-0.39, 0.29) is 18.4 Å². The lowest BCUT2D eigenvalue weighted by Gasteiger charge is -2.31. The summed E-state index contributed by atoms with van der Waals surface area (Å²) in [6.45, 7) is 2.12. The normalized spacial score (nSPS) is 11.6. The van der Waals surface area contributed by atoms with Gasteiger partial charge in [0.15, 0.2) is 6.61 Å². The van der Waals surface area contributed by atoms with E-state index in [1.807, 2.05) is 97.9 Å². The SMILES string of the molecule is CNC(=O)[C@@H](Cc1ccccc1)N(Cc1ccccc1C)C(=O)COc1ccc2ccccc2c1Br. The molecule has 184 valence electrons. The van der Waals surface area contributed by atoms with Crippen LogP contribution in [-0.4, -0.2) is 36.4 Å². The Morgan fingerprint density at radius 2 is 1.61 bits per heavy atom. The van der Waals surface area contributed by atoms with Crippen molar-refractivity contribution in [3.05, 3.63) is 112 Å². The number of ether oxygens (including phenoxy) is 1. The molecule has 0 spiro atoms. The fourth-order valence-electron chi connectivity index (χ4n) is 4.24. The minimum atomic E-state index is -0.687. The molecular formula is C30H29BrN2O3. The van der Waals surface area contributed by atoms with Gasteiger partial charge in [-0.05, 0) is 56.4 Å². The smallest absolute Gasteiger partial charge is 0.261 e. The molecule has 0 fully saturated rings. The van der Waals surface area contributed by atoms with Crippen LogP contribution >= 0.6 is 15.9 Å². The molecule has 5 nitrogen and oxygen atoms in total. The molecule has 36 heavy (non-hydrogen) atoms. The first-order chi connectivity index (χ1) is 17.5. The summed E-state index contributed by atoms with van der Waals surface area (Å²) >= 11 is 3.63. The Bertz CT molecular complexity index is 1360. The van der Waals surface area contributed by atoms with Crippen molar-refractivity contribution >= 4 is 38.5 Å². The highest BCUT2D eigenvalue weighted by Crippen LogP contribution is 2.33. The van der Waals surface area contributed by atoms with Crippen LogP contribution in [0.25, 0.3) is 10.8 Å². The molecule has 1 atom stereocenters. The van der Waals surface area contributed by atoms with Gasteiger partial charge in [-0.2, -0.15) is 0 Å². The largest absolute Gasteiger partial charge is 0.483 e. The Hall–Kier alpha value is -3.64. The minimum Gasteiger partial charge on any atom is -0.483 e. The Labute approximate surface area is 220 Å². The topological polar surface area (TPSA) is 58.6 Å². The van der Waals surface area contributed by atoms with Crippen LogP contribution in [0, 0.1) is 6.92 Å². The van der Waals surface area contributed by atoms with Crippen LogP contribution in [0.15, 0.2) is 95.5 Å². The van der Waals surface area contributed by atoms with Crippen molar-refractivity contribution in [3.63, 3.8) is 0 Å². The Morgan fingerprint density at radius 3 is 2.36 bits per heavy atom. The third kappa shape index (κ3) is 5.94. The molecule has 0 unspecified atom stereocenters. The molecule has 6 heteroatoms. The lowest BCUT2D eigenvalue weighted by molar-refractivity contribution is -0.142. The van der Waals surface area contributed by atoms with Gasteiger partial charge in [-0.15, -0.1) is 0 Å². The number of hydrogen-bond donors (Lipinski definition) is 1. The summed E-state index contributed by atoms with van der Waals surface area (Å²) in [5.41, 5.74) is 3.02. The molecule has 0 aromatic heterocycles. The van der Waals surface area contributed by atoms with Crippen LogP contribution in [0.4, 0.5) is 0 Å². The number of rotatable bonds is 9. The number of nitrogens with zero attached hydrogens (tertiary/aromatic N) is 1. The summed E-state index contributed by atoms with van der Waals surface area (Å²) in [5.74, 6) is 0.105. The second-order valence-electron chi connectivity index (χ2n) is 8.66. The van der Waals surface area contributed by atoms with Gasteiger partial charge in [0.05, 0.1) is 4.47 Å². The molecule has 2 amide bonds. The van der Waals surface area contributed by atoms with Gasteiger partial charge in [-0.3, -0.25) is 9.59 Å². The third-order valence-electron chi connectivity index (χ3n) is 6.30. The van der Waals surface area contributed by atoms with Gasteiger partial charge in [-0.25, -0.2) is 0 Å². The number of aryl methyl sites for hydroxylation is 1. The fourth-order valence-corrected chi connectivity index (χ4v) is 4.85. The monoisotopic (exact) mass is 544 g/mol. The third-order valence-corrected chi connectivity index (χ3v) is 7.12. The molecule has 0 aliphatic rings. The second kappa shape index (κ2) is 11.9. The highest BCUT2D eigenvalue weighted by atomic mass is 79.9. The minimum absolute atomic E-state index is 0.189. The van der Waals surface area contributed by atoms with Gasteiger partial charge >= 0.3 is 0 Å². The van der Waals surface area contributed by atoms with Crippen LogP contribution in [0.2, 0.25) is 0 Å². The van der Waals surface area contributed by atoms with Crippen molar-refractivity contribution in [2.24, 2.45) is 0 Å². The van der Waals surface area contributed by atoms with Gasteiger partial charge in [-0.1, -0.05) is 84.9 Å². The number of amides is 2. The molecular weight excluding hydrogens is 516 g/mol. The standard InChI is InChI=1S/C30H29BrN2O3/c1-21-10-6-7-14-24(21)19-33(26(30(35)32-2)18-22-11-4-3-5-12-22)28(34)20-36-27-17-16-23-13-8-9-15-25(23)29(27)31/h3-17,26H,18-20H2,1-2H3,(H,32,35)/t26-/m1/s1. The molecule has 0 saturated carbocycles. The molecule has 4 aromatic rings. The van der Waals surface area contributed by atoms with E-state index in [9.17, 15) is 9.59 Å². The van der Waals surface area contributed by atoms with E-state index in [2.05, 4.69) is 21.2 Å². The van der Waals surface area contributed by atoms with Crippen LogP contribution in [0.1, 0.15) is 16.7 Å². The average molecular weight is 545 g/mol. The van der Waals surface area contributed by atoms with Crippen molar-refractivity contribution in [2.75, 3.05) is 13.7 Å². The van der Waals surface area contributed by atoms with Crippen molar-refractivity contribution in [3.8, 4) is 5.75 Å². The average Bonchev–Trinajstić information content (AvgIpc) is 2.91. The van der Waals surface area contributed by atoms with Crippen LogP contribution < -0.4 is 10.1 Å². The maximum Gasteiger partial charge on any atom is 0.261 e. The van der Waals surface area contributed by atoms with Gasteiger partial charge in [0.25, 0.3) is 5.91 Å². The molecule has 0 bridgehead atoms. The summed E-state index contributed by atoms with van der Waals surface area (Å²) in [4.78, 5) is 28.4. The molecule has 0 radical (unpaired) electrons. The second-order valence-corrected chi connectivity index (χ2v) is 9.45. The van der Waals surface area contributed by atoms with E-state index in [1.165, 1.54) is 0 Å². The summed E-state index contributed by atoms with van der Waals surface area (Å²) in [5, 5.41) is 4.82. The zero-order valence-corrected chi connectivity index (χ0v) is 22.0. The molecule has 1 N–H and O–H groups in total. The zero-order valence-electron chi connectivity index (χ0n) is 20.4. The molecule has 4 rings (SSSR count). The zero-order chi connectivity index (χ0) is 25.5. The number of likely N-dealkylation sites (N-methyl/N-ethyl adjacent to an activating group) is 1. The molecule has 0 saturated heterocycles. The molecule has 0 aliphatic heterocycles. The summed E-state index contributed by atoms with van der Waals surface area (Å²) in [7, 11) is 1.60. The number of fused-ring (bicyclic) bond motifs is 1. The molecule has 0 heterocycles. The van der Waals surface area contributed by atoms with Gasteiger partial charge in [0, 0.05) is 20.0 Å². The Balaban J connectivity index is 1.62. The maximum absolute atomic E-state index is 13.7. The van der Waals surface area contributed by atoms with Crippen molar-refractivity contribution in [2.45, 2.75) is 25.9 Å². The van der Waals surface area contributed by atoms with Gasteiger partial charge < -0.3 is 15.0 Å². The van der Waals surface area contributed by atoms with E-state index < -0.39 is 6.04 Å². The van der Waals surface area contributed by atoms with E-state index in [0.29, 0.717) is 18.7 Å². The van der Waals surface area contributed by atoms with E-state index in [4.69, 9.17) is 4.74 Å². The van der Waals surface area contributed by atoms with Gasteiger partial charge in [0.1, 0.15) is 11.8 Å². The summed E-state index contributed by atoms with van der Waals surface area (Å²) in [6.07, 6.45) is 0.401. The lowest BCUT2D eigenvalue weighted by atomic mass is 10.0. The fraction of sp³-hybridized carbons (Fsp3) is 0.200. The number of carbonyl (C=O) groups excluding carboxylic acids is 2. The molecule has 4 aromatic carbocycles. The van der Waals surface area contributed by atoms with Crippen molar-refractivity contribution in [1.29, 1.82) is 0 Å². The predicted octanol–water partition coefficient (Wildman–Crippen LogP) is 5.68. The van der Waals surface area contributed by atoms with Crippen molar-refractivity contribution < 1.29 is 14.3 Å². The van der Waals surface area contributed by atoms with Crippen LogP contribution in [-0.2, 0) is 22.6 Å². The van der Waals surface area contributed by atoms with E-state index in [1.54, 1.807) is 11.9 Å². The highest BCUT2D eigenvalue weighted by Gasteiger charge is 2.30. The maximum atomic E-state index is 13.7. The van der Waals surface area contributed by atoms with Crippen molar-refractivity contribution in [1.82, 2.24) is 10.2 Å². The number of hydrogen-bond acceptors (Lipinski definition) is 3. The summed E-state index contributed by atoms with van der Waals surface area (Å²) in [6, 6.07) is 28.7. The lowest BCUT2D eigenvalue weighted by Crippen LogP contribution is -2.51.